The van der Waals surface area contributed by atoms with Crippen LogP contribution in [0.3, 0.4) is 0 Å². The SMILES string of the molecule is CC(=O)N1CCN(c2ccc(CC3CCCN(C(C)=O)C3)nn2)CC1. The van der Waals surface area contributed by atoms with Gasteiger partial charge in [-0.1, -0.05) is 0 Å². The number of nitrogens with zero attached hydrogens (tertiary/aromatic N) is 5. The molecule has 1 aromatic heterocycles. The van der Waals surface area contributed by atoms with Crippen molar-refractivity contribution in [2.45, 2.75) is 33.1 Å². The molecule has 7 heteroatoms. The standard InChI is InChI=1S/C18H27N5O2/c1-14(24)21-8-10-22(11-9-21)18-6-5-17(19-20-18)12-16-4-3-7-23(13-16)15(2)25/h5-6,16H,3-4,7-13H2,1-2H3. The number of anilines is 1. The van der Waals surface area contributed by atoms with E-state index in [-0.39, 0.29) is 11.8 Å². The molecule has 2 aliphatic rings. The van der Waals surface area contributed by atoms with Crippen molar-refractivity contribution in [2.24, 2.45) is 5.92 Å². The summed E-state index contributed by atoms with van der Waals surface area (Å²) in [5, 5.41) is 8.78. The molecule has 2 fully saturated rings. The fraction of sp³-hybridized carbons (Fsp3) is 0.667. The maximum atomic E-state index is 11.5. The quantitative estimate of drug-likeness (QED) is 0.816. The largest absolute Gasteiger partial charge is 0.352 e. The van der Waals surface area contributed by atoms with Crippen molar-refractivity contribution in [3.8, 4) is 0 Å². The molecule has 0 bridgehead atoms. The number of hydrogen-bond acceptors (Lipinski definition) is 5. The predicted molar refractivity (Wildman–Crippen MR) is 95.2 cm³/mol. The van der Waals surface area contributed by atoms with Gasteiger partial charge in [0, 0.05) is 53.1 Å². The van der Waals surface area contributed by atoms with Crippen molar-refractivity contribution in [3.63, 3.8) is 0 Å². The number of aromatic nitrogens is 2. The maximum Gasteiger partial charge on any atom is 0.219 e. The minimum absolute atomic E-state index is 0.133. The van der Waals surface area contributed by atoms with Gasteiger partial charge in [-0.25, -0.2) is 0 Å². The lowest BCUT2D eigenvalue weighted by molar-refractivity contribution is -0.130. The number of piperazine rings is 1. The molecule has 1 unspecified atom stereocenters. The Morgan fingerprint density at radius 1 is 1.00 bits per heavy atom. The third-order valence-corrected chi connectivity index (χ3v) is 5.22. The van der Waals surface area contributed by atoms with Crippen molar-refractivity contribution >= 4 is 17.6 Å². The molecule has 25 heavy (non-hydrogen) atoms. The van der Waals surface area contributed by atoms with E-state index >= 15 is 0 Å². The molecule has 3 rings (SSSR count). The van der Waals surface area contributed by atoms with Crippen LogP contribution in [0, 0.1) is 5.92 Å². The molecule has 136 valence electrons. The smallest absolute Gasteiger partial charge is 0.219 e. The fourth-order valence-electron chi connectivity index (χ4n) is 3.69. The molecule has 2 amide bonds. The van der Waals surface area contributed by atoms with E-state index in [0.29, 0.717) is 5.92 Å². The monoisotopic (exact) mass is 345 g/mol. The van der Waals surface area contributed by atoms with Crippen LogP contribution in [-0.2, 0) is 16.0 Å². The van der Waals surface area contributed by atoms with Crippen LogP contribution in [-0.4, -0.2) is 71.1 Å². The van der Waals surface area contributed by atoms with Crippen LogP contribution >= 0.6 is 0 Å². The van der Waals surface area contributed by atoms with Crippen LogP contribution in [0.15, 0.2) is 12.1 Å². The highest BCUT2D eigenvalue weighted by molar-refractivity contribution is 5.73. The number of carbonyl (C=O) groups is 2. The van der Waals surface area contributed by atoms with Gasteiger partial charge in [0.25, 0.3) is 0 Å². The second-order valence-corrected chi connectivity index (χ2v) is 7.05. The van der Waals surface area contributed by atoms with E-state index in [0.717, 1.165) is 70.0 Å². The Bertz CT molecular complexity index is 610. The van der Waals surface area contributed by atoms with Gasteiger partial charge in [0.1, 0.15) is 0 Å². The van der Waals surface area contributed by atoms with Crippen molar-refractivity contribution in [2.75, 3.05) is 44.2 Å². The van der Waals surface area contributed by atoms with Crippen LogP contribution in [0.25, 0.3) is 0 Å². The highest BCUT2D eigenvalue weighted by atomic mass is 16.2. The van der Waals surface area contributed by atoms with E-state index in [1.54, 1.807) is 13.8 Å². The van der Waals surface area contributed by atoms with Crippen LogP contribution < -0.4 is 4.90 Å². The van der Waals surface area contributed by atoms with E-state index in [1.165, 1.54) is 0 Å². The zero-order valence-corrected chi connectivity index (χ0v) is 15.1. The summed E-state index contributed by atoms with van der Waals surface area (Å²) in [6.07, 6.45) is 3.07. The minimum Gasteiger partial charge on any atom is -0.352 e. The molecule has 1 atom stereocenters. The van der Waals surface area contributed by atoms with Crippen molar-refractivity contribution in [3.05, 3.63) is 17.8 Å². The number of piperidine rings is 1. The van der Waals surface area contributed by atoms with Gasteiger partial charge in [0.05, 0.1) is 5.69 Å². The zero-order chi connectivity index (χ0) is 17.8. The Balaban J connectivity index is 1.54. The number of rotatable bonds is 3. The van der Waals surface area contributed by atoms with Crippen LogP contribution in [0.1, 0.15) is 32.4 Å². The molecular formula is C18H27N5O2. The molecule has 0 aliphatic carbocycles. The van der Waals surface area contributed by atoms with E-state index in [2.05, 4.69) is 15.1 Å². The lowest BCUT2D eigenvalue weighted by Crippen LogP contribution is -2.48. The minimum atomic E-state index is 0.133. The molecule has 3 heterocycles. The number of carbonyl (C=O) groups excluding carboxylic acids is 2. The van der Waals surface area contributed by atoms with Gasteiger partial charge in [0.15, 0.2) is 5.82 Å². The molecule has 1 aromatic rings. The van der Waals surface area contributed by atoms with Gasteiger partial charge in [-0.15, -0.1) is 5.10 Å². The Morgan fingerprint density at radius 3 is 2.32 bits per heavy atom. The topological polar surface area (TPSA) is 69.6 Å². The number of likely N-dealkylation sites (tertiary alicyclic amines) is 1. The number of hydrogen-bond donors (Lipinski definition) is 0. The highest BCUT2D eigenvalue weighted by Crippen LogP contribution is 2.21. The summed E-state index contributed by atoms with van der Waals surface area (Å²) in [7, 11) is 0. The summed E-state index contributed by atoms with van der Waals surface area (Å²) < 4.78 is 0. The first-order valence-corrected chi connectivity index (χ1v) is 9.11. The van der Waals surface area contributed by atoms with Gasteiger partial charge in [-0.05, 0) is 37.3 Å². The predicted octanol–water partition coefficient (Wildman–Crippen LogP) is 0.946. The molecule has 7 nitrogen and oxygen atoms in total. The second kappa shape index (κ2) is 7.80. The lowest BCUT2D eigenvalue weighted by atomic mass is 9.93. The Kier molecular flexibility index (Phi) is 5.50. The lowest BCUT2D eigenvalue weighted by Gasteiger charge is -2.34. The zero-order valence-electron chi connectivity index (χ0n) is 15.1. The van der Waals surface area contributed by atoms with Gasteiger partial charge in [0.2, 0.25) is 11.8 Å². The van der Waals surface area contributed by atoms with E-state index in [9.17, 15) is 9.59 Å². The first-order chi connectivity index (χ1) is 12.0. The molecule has 0 saturated carbocycles. The summed E-state index contributed by atoms with van der Waals surface area (Å²) in [5.74, 6) is 1.64. The van der Waals surface area contributed by atoms with E-state index in [4.69, 9.17) is 0 Å². The Labute approximate surface area is 149 Å². The molecule has 0 radical (unpaired) electrons. The summed E-state index contributed by atoms with van der Waals surface area (Å²) in [5.41, 5.74) is 0.988. The second-order valence-electron chi connectivity index (χ2n) is 7.05. The molecule has 2 saturated heterocycles. The Hall–Kier alpha value is -2.18. The molecule has 2 aliphatic heterocycles. The Morgan fingerprint density at radius 2 is 1.72 bits per heavy atom. The van der Waals surface area contributed by atoms with E-state index < -0.39 is 0 Å². The first-order valence-electron chi connectivity index (χ1n) is 9.11. The molecule has 0 aromatic carbocycles. The van der Waals surface area contributed by atoms with Crippen molar-refractivity contribution in [1.82, 2.24) is 20.0 Å². The summed E-state index contributed by atoms with van der Waals surface area (Å²) in [4.78, 5) is 28.9. The van der Waals surface area contributed by atoms with Gasteiger partial charge >= 0.3 is 0 Å². The van der Waals surface area contributed by atoms with Crippen LogP contribution in [0.4, 0.5) is 5.82 Å². The van der Waals surface area contributed by atoms with Crippen molar-refractivity contribution in [1.29, 1.82) is 0 Å². The van der Waals surface area contributed by atoms with Gasteiger partial charge in [-0.3, -0.25) is 9.59 Å². The molecular weight excluding hydrogens is 318 g/mol. The first kappa shape index (κ1) is 17.6. The number of amides is 2. The summed E-state index contributed by atoms with van der Waals surface area (Å²) in [6, 6.07) is 4.07. The van der Waals surface area contributed by atoms with Gasteiger partial charge < -0.3 is 14.7 Å². The van der Waals surface area contributed by atoms with Crippen LogP contribution in [0.2, 0.25) is 0 Å². The summed E-state index contributed by atoms with van der Waals surface area (Å²) >= 11 is 0. The maximum absolute atomic E-state index is 11.5. The fourth-order valence-corrected chi connectivity index (χ4v) is 3.69. The third-order valence-electron chi connectivity index (χ3n) is 5.22. The normalized spacial score (nSPS) is 21.4. The third kappa shape index (κ3) is 4.46. The van der Waals surface area contributed by atoms with E-state index in [1.807, 2.05) is 21.9 Å². The van der Waals surface area contributed by atoms with Gasteiger partial charge in [-0.2, -0.15) is 5.10 Å². The highest BCUT2D eigenvalue weighted by Gasteiger charge is 2.23. The molecule has 0 spiro atoms. The average Bonchev–Trinajstić information content (AvgIpc) is 2.63. The summed E-state index contributed by atoms with van der Waals surface area (Å²) in [6.45, 7) is 8.02. The van der Waals surface area contributed by atoms with Crippen molar-refractivity contribution < 1.29 is 9.59 Å². The molecule has 0 N–H and O–H groups in total. The average molecular weight is 345 g/mol. The van der Waals surface area contributed by atoms with Crippen LogP contribution in [0.5, 0.6) is 0 Å².